The van der Waals surface area contributed by atoms with E-state index in [1.807, 2.05) is 0 Å². The van der Waals surface area contributed by atoms with E-state index in [-0.39, 0.29) is 16.3 Å². The number of anilines is 1. The van der Waals surface area contributed by atoms with E-state index < -0.39 is 21.7 Å². The standard InChI is InChI=1S/C17H16N4O6S/c1-21(26-2)28(24,25)14-8-4-6-12(10-14)16(22)18-13-7-3-5-11(9-13)15-19-17(23)27-20-15/h3-10H,1-2H3,(H,18,22)(H,19,20,23). The molecule has 0 aliphatic carbocycles. The number of nitrogens with zero attached hydrogens (tertiary/aromatic N) is 2. The predicted molar refractivity (Wildman–Crippen MR) is 98.9 cm³/mol. The van der Waals surface area contributed by atoms with E-state index in [4.69, 9.17) is 4.84 Å². The number of nitrogens with one attached hydrogen (secondary N) is 2. The van der Waals surface area contributed by atoms with Crippen LogP contribution in [0.2, 0.25) is 0 Å². The molecular weight excluding hydrogens is 388 g/mol. The molecule has 0 radical (unpaired) electrons. The van der Waals surface area contributed by atoms with Crippen LogP contribution in [0.25, 0.3) is 11.4 Å². The summed E-state index contributed by atoms with van der Waals surface area (Å²) in [7, 11) is -1.40. The summed E-state index contributed by atoms with van der Waals surface area (Å²) < 4.78 is 29.8. The second kappa shape index (κ2) is 7.76. The summed E-state index contributed by atoms with van der Waals surface area (Å²) in [4.78, 5) is 30.7. The molecule has 0 fully saturated rings. The highest BCUT2D eigenvalue weighted by molar-refractivity contribution is 7.89. The van der Waals surface area contributed by atoms with E-state index in [9.17, 15) is 18.0 Å². The minimum absolute atomic E-state index is 0.0848. The van der Waals surface area contributed by atoms with Crippen molar-refractivity contribution in [3.8, 4) is 11.4 Å². The molecule has 1 aromatic heterocycles. The third-order valence-corrected chi connectivity index (χ3v) is 5.50. The molecule has 11 heteroatoms. The predicted octanol–water partition coefficient (Wildman–Crippen LogP) is 1.46. The molecule has 0 atom stereocenters. The number of aromatic amines is 1. The lowest BCUT2D eigenvalue weighted by atomic mass is 10.1. The summed E-state index contributed by atoms with van der Waals surface area (Å²) >= 11 is 0. The molecule has 0 bridgehead atoms. The van der Waals surface area contributed by atoms with Crippen molar-refractivity contribution < 1.29 is 22.6 Å². The van der Waals surface area contributed by atoms with Gasteiger partial charge in [0.1, 0.15) is 0 Å². The van der Waals surface area contributed by atoms with E-state index in [0.29, 0.717) is 15.7 Å². The lowest BCUT2D eigenvalue weighted by molar-refractivity contribution is -0.0258. The van der Waals surface area contributed by atoms with Gasteiger partial charge in [0, 0.05) is 23.9 Å². The molecule has 2 N–H and O–H groups in total. The van der Waals surface area contributed by atoms with Crippen molar-refractivity contribution in [3.05, 3.63) is 64.6 Å². The summed E-state index contributed by atoms with van der Waals surface area (Å²) in [5, 5.41) is 6.26. The SMILES string of the molecule is CON(C)S(=O)(=O)c1cccc(C(=O)Nc2cccc(-c3noc(=O)[nH]3)c2)c1. The third-order valence-electron chi connectivity index (χ3n) is 3.82. The fraction of sp³-hybridized carbons (Fsp3) is 0.118. The van der Waals surface area contributed by atoms with Crippen molar-refractivity contribution in [2.75, 3.05) is 19.5 Å². The number of sulfonamides is 1. The van der Waals surface area contributed by atoms with Crippen LogP contribution in [0.4, 0.5) is 5.69 Å². The maximum absolute atomic E-state index is 12.5. The van der Waals surface area contributed by atoms with Gasteiger partial charge in [-0.3, -0.25) is 19.1 Å². The Morgan fingerprint density at radius 1 is 1.21 bits per heavy atom. The van der Waals surface area contributed by atoms with Gasteiger partial charge >= 0.3 is 5.76 Å². The topological polar surface area (TPSA) is 135 Å². The molecule has 1 amide bonds. The molecule has 10 nitrogen and oxygen atoms in total. The first-order valence-electron chi connectivity index (χ1n) is 7.92. The first kappa shape index (κ1) is 19.5. The molecule has 0 aliphatic rings. The average molecular weight is 404 g/mol. The van der Waals surface area contributed by atoms with Crippen molar-refractivity contribution >= 4 is 21.6 Å². The van der Waals surface area contributed by atoms with Crippen LogP contribution in [-0.2, 0) is 14.9 Å². The van der Waals surface area contributed by atoms with Crippen LogP contribution in [0.5, 0.6) is 0 Å². The van der Waals surface area contributed by atoms with Crippen molar-refractivity contribution in [2.24, 2.45) is 0 Å². The van der Waals surface area contributed by atoms with Gasteiger partial charge in [0.05, 0.1) is 12.0 Å². The highest BCUT2D eigenvalue weighted by atomic mass is 32.2. The Morgan fingerprint density at radius 2 is 1.96 bits per heavy atom. The molecule has 0 aliphatic heterocycles. The number of rotatable bonds is 6. The largest absolute Gasteiger partial charge is 0.439 e. The lowest BCUT2D eigenvalue weighted by Crippen LogP contribution is -2.26. The molecule has 146 valence electrons. The van der Waals surface area contributed by atoms with Gasteiger partial charge in [0.15, 0.2) is 5.82 Å². The number of H-pyrrole nitrogens is 1. The minimum atomic E-state index is -3.88. The number of carbonyl (C=O) groups is 1. The van der Waals surface area contributed by atoms with Crippen LogP contribution < -0.4 is 11.1 Å². The summed E-state index contributed by atoms with van der Waals surface area (Å²) in [5.41, 5.74) is 1.10. The quantitative estimate of drug-likeness (QED) is 0.594. The zero-order chi connectivity index (χ0) is 20.3. The Hall–Kier alpha value is -3.28. The molecule has 0 spiro atoms. The molecule has 3 rings (SSSR count). The van der Waals surface area contributed by atoms with Gasteiger partial charge in [0.2, 0.25) is 0 Å². The van der Waals surface area contributed by atoms with Crippen LogP contribution >= 0.6 is 0 Å². The number of hydrogen-bond acceptors (Lipinski definition) is 7. The van der Waals surface area contributed by atoms with E-state index in [2.05, 4.69) is 20.0 Å². The van der Waals surface area contributed by atoms with E-state index in [1.54, 1.807) is 24.3 Å². The molecule has 2 aromatic carbocycles. The number of aromatic nitrogens is 2. The van der Waals surface area contributed by atoms with Gasteiger partial charge < -0.3 is 5.32 Å². The lowest BCUT2D eigenvalue weighted by Gasteiger charge is -2.14. The Kier molecular flexibility index (Phi) is 5.40. The second-order valence-corrected chi connectivity index (χ2v) is 7.54. The highest BCUT2D eigenvalue weighted by Crippen LogP contribution is 2.20. The summed E-state index contributed by atoms with van der Waals surface area (Å²) in [6.45, 7) is 0. The number of hydroxylamine groups is 1. The van der Waals surface area contributed by atoms with Crippen molar-refractivity contribution in [1.82, 2.24) is 14.6 Å². The summed E-state index contributed by atoms with van der Waals surface area (Å²) in [5.74, 6) is -0.983. The average Bonchev–Trinajstić information content (AvgIpc) is 3.14. The molecular formula is C17H16N4O6S. The minimum Gasteiger partial charge on any atom is -0.322 e. The first-order valence-corrected chi connectivity index (χ1v) is 9.36. The molecule has 3 aromatic rings. The number of carbonyl (C=O) groups excluding carboxylic acids is 1. The summed E-state index contributed by atoms with van der Waals surface area (Å²) in [6.07, 6.45) is 0. The molecule has 28 heavy (non-hydrogen) atoms. The van der Waals surface area contributed by atoms with Gasteiger partial charge in [-0.25, -0.2) is 13.2 Å². The van der Waals surface area contributed by atoms with Gasteiger partial charge in [-0.2, -0.15) is 0 Å². The van der Waals surface area contributed by atoms with Gasteiger partial charge in [0.25, 0.3) is 15.9 Å². The zero-order valence-corrected chi connectivity index (χ0v) is 15.7. The fourth-order valence-corrected chi connectivity index (χ4v) is 3.37. The van der Waals surface area contributed by atoms with Crippen molar-refractivity contribution in [1.29, 1.82) is 0 Å². The van der Waals surface area contributed by atoms with Crippen molar-refractivity contribution in [3.63, 3.8) is 0 Å². The smallest absolute Gasteiger partial charge is 0.322 e. The Labute approximate surface area is 159 Å². The van der Waals surface area contributed by atoms with Crippen LogP contribution in [0, 0.1) is 0 Å². The molecule has 0 unspecified atom stereocenters. The first-order chi connectivity index (χ1) is 13.3. The monoisotopic (exact) mass is 404 g/mol. The Morgan fingerprint density at radius 3 is 2.64 bits per heavy atom. The normalized spacial score (nSPS) is 11.5. The maximum Gasteiger partial charge on any atom is 0.439 e. The van der Waals surface area contributed by atoms with Crippen LogP contribution in [0.3, 0.4) is 0 Å². The Balaban J connectivity index is 1.84. The fourth-order valence-electron chi connectivity index (χ4n) is 2.35. The van der Waals surface area contributed by atoms with Gasteiger partial charge in [-0.1, -0.05) is 27.8 Å². The number of hydrogen-bond donors (Lipinski definition) is 2. The Bertz CT molecular complexity index is 1170. The highest BCUT2D eigenvalue weighted by Gasteiger charge is 2.22. The van der Waals surface area contributed by atoms with Gasteiger partial charge in [-0.15, -0.1) is 0 Å². The van der Waals surface area contributed by atoms with E-state index in [0.717, 1.165) is 0 Å². The van der Waals surface area contributed by atoms with Crippen molar-refractivity contribution in [2.45, 2.75) is 4.90 Å². The number of amides is 1. The van der Waals surface area contributed by atoms with E-state index in [1.165, 1.54) is 38.4 Å². The van der Waals surface area contributed by atoms with Crippen LogP contribution in [-0.4, -0.2) is 43.1 Å². The molecule has 0 saturated heterocycles. The third kappa shape index (κ3) is 4.01. The molecule has 1 heterocycles. The zero-order valence-electron chi connectivity index (χ0n) is 14.9. The summed E-state index contributed by atoms with van der Waals surface area (Å²) in [6, 6.07) is 12.1. The van der Waals surface area contributed by atoms with Gasteiger partial charge in [-0.05, 0) is 30.3 Å². The van der Waals surface area contributed by atoms with Crippen LogP contribution in [0.1, 0.15) is 10.4 Å². The van der Waals surface area contributed by atoms with E-state index >= 15 is 0 Å². The second-order valence-electron chi connectivity index (χ2n) is 5.60. The number of benzene rings is 2. The molecule has 0 saturated carbocycles. The maximum atomic E-state index is 12.5. The van der Waals surface area contributed by atoms with Crippen LogP contribution in [0.15, 0.2) is 62.7 Å².